The van der Waals surface area contributed by atoms with Gasteiger partial charge < -0.3 is 0 Å². The Bertz CT molecular complexity index is 548. The fraction of sp³-hybridized carbons (Fsp3) is 0.562. The number of carbonyl (C=O) groups is 1. The van der Waals surface area contributed by atoms with Crippen molar-refractivity contribution in [2.75, 3.05) is 0 Å². The second-order valence-electron chi connectivity index (χ2n) is 5.68. The van der Waals surface area contributed by atoms with Gasteiger partial charge >= 0.3 is 0 Å². The summed E-state index contributed by atoms with van der Waals surface area (Å²) < 4.78 is 25.1. The summed E-state index contributed by atoms with van der Waals surface area (Å²) in [5.41, 5.74) is 0.807. The zero-order chi connectivity index (χ0) is 14.6. The highest BCUT2D eigenvalue weighted by Crippen LogP contribution is 2.34. The lowest BCUT2D eigenvalue weighted by atomic mass is 10.0. The van der Waals surface area contributed by atoms with Gasteiger partial charge in [0.05, 0.1) is 11.0 Å². The van der Waals surface area contributed by atoms with Gasteiger partial charge in [-0.1, -0.05) is 50.1 Å². The van der Waals surface area contributed by atoms with Crippen LogP contribution in [0.15, 0.2) is 30.3 Å². The van der Waals surface area contributed by atoms with Crippen LogP contribution in [-0.4, -0.2) is 19.5 Å². The largest absolute Gasteiger partial charge is 0.300 e. The Morgan fingerprint density at radius 2 is 1.85 bits per heavy atom. The molecule has 2 atom stereocenters. The van der Waals surface area contributed by atoms with E-state index < -0.39 is 15.1 Å². The molecule has 0 amide bonds. The summed E-state index contributed by atoms with van der Waals surface area (Å²) in [7, 11) is -3.25. The van der Waals surface area contributed by atoms with Crippen LogP contribution in [0.25, 0.3) is 0 Å². The smallest absolute Gasteiger partial charge is 0.158 e. The van der Waals surface area contributed by atoms with Crippen LogP contribution in [0, 0.1) is 5.92 Å². The van der Waals surface area contributed by atoms with Crippen molar-refractivity contribution in [2.24, 2.45) is 5.92 Å². The van der Waals surface area contributed by atoms with Crippen molar-refractivity contribution in [1.29, 1.82) is 0 Å². The van der Waals surface area contributed by atoms with Crippen LogP contribution in [0.1, 0.15) is 44.6 Å². The zero-order valence-electron chi connectivity index (χ0n) is 11.9. The molecule has 1 aromatic carbocycles. The maximum atomic E-state index is 12.6. The molecule has 1 aliphatic carbocycles. The summed E-state index contributed by atoms with van der Waals surface area (Å²) in [5.74, 6) is 0.179. The number of ketones is 1. The SMILES string of the molecule is CCCC[C@H]1CC(=O)C[C@@H]1S(=O)(=O)Cc1ccccc1. The number of Topliss-reactive ketones (excluding diaryl/α,β-unsaturated/α-hetero) is 1. The van der Waals surface area contributed by atoms with Gasteiger partial charge in [-0.3, -0.25) is 4.79 Å². The van der Waals surface area contributed by atoms with E-state index in [1.165, 1.54) is 0 Å². The monoisotopic (exact) mass is 294 g/mol. The van der Waals surface area contributed by atoms with Gasteiger partial charge in [-0.15, -0.1) is 0 Å². The summed E-state index contributed by atoms with van der Waals surface area (Å²) in [6.45, 7) is 2.09. The summed E-state index contributed by atoms with van der Waals surface area (Å²) in [5, 5.41) is -0.471. The van der Waals surface area contributed by atoms with E-state index >= 15 is 0 Å². The second-order valence-corrected chi connectivity index (χ2v) is 7.90. The summed E-state index contributed by atoms with van der Waals surface area (Å²) in [4.78, 5) is 11.7. The van der Waals surface area contributed by atoms with Gasteiger partial charge in [-0.25, -0.2) is 8.42 Å². The molecule has 20 heavy (non-hydrogen) atoms. The first-order chi connectivity index (χ1) is 9.53. The van der Waals surface area contributed by atoms with E-state index in [0.717, 1.165) is 24.8 Å². The van der Waals surface area contributed by atoms with Crippen molar-refractivity contribution >= 4 is 15.6 Å². The first kappa shape index (κ1) is 15.2. The Kier molecular flexibility index (Phi) is 4.97. The number of rotatable bonds is 6. The molecule has 0 N–H and O–H groups in total. The molecule has 0 radical (unpaired) electrons. The Labute approximate surface area is 121 Å². The van der Waals surface area contributed by atoms with E-state index in [2.05, 4.69) is 6.92 Å². The molecule has 2 rings (SSSR count). The molecule has 110 valence electrons. The van der Waals surface area contributed by atoms with E-state index in [9.17, 15) is 13.2 Å². The van der Waals surface area contributed by atoms with Crippen molar-refractivity contribution < 1.29 is 13.2 Å². The third-order valence-corrected chi connectivity index (χ3v) is 6.25. The molecule has 1 saturated carbocycles. The maximum Gasteiger partial charge on any atom is 0.158 e. The molecule has 0 bridgehead atoms. The molecule has 3 nitrogen and oxygen atoms in total. The lowest BCUT2D eigenvalue weighted by molar-refractivity contribution is -0.117. The lowest BCUT2D eigenvalue weighted by Gasteiger charge is -2.19. The predicted molar refractivity (Wildman–Crippen MR) is 80.1 cm³/mol. The highest BCUT2D eigenvalue weighted by molar-refractivity contribution is 7.91. The molecule has 4 heteroatoms. The number of unbranched alkanes of at least 4 members (excludes halogenated alkanes) is 1. The minimum Gasteiger partial charge on any atom is -0.300 e. The van der Waals surface area contributed by atoms with E-state index in [1.807, 2.05) is 30.3 Å². The number of carbonyl (C=O) groups excluding carboxylic acids is 1. The molecular weight excluding hydrogens is 272 g/mol. The van der Waals surface area contributed by atoms with Gasteiger partial charge in [0.15, 0.2) is 9.84 Å². The normalized spacial score (nSPS) is 23.1. The average Bonchev–Trinajstić information content (AvgIpc) is 2.79. The Hall–Kier alpha value is -1.16. The lowest BCUT2D eigenvalue weighted by Crippen LogP contribution is -2.27. The van der Waals surface area contributed by atoms with Crippen LogP contribution < -0.4 is 0 Å². The molecule has 1 fully saturated rings. The Morgan fingerprint density at radius 3 is 2.50 bits per heavy atom. The molecule has 0 aliphatic heterocycles. The second kappa shape index (κ2) is 6.53. The van der Waals surface area contributed by atoms with Crippen molar-refractivity contribution in [3.05, 3.63) is 35.9 Å². The van der Waals surface area contributed by atoms with Gasteiger partial charge in [-0.05, 0) is 17.9 Å². The van der Waals surface area contributed by atoms with Gasteiger partial charge in [0.2, 0.25) is 0 Å². The fourth-order valence-corrected chi connectivity index (χ4v) is 5.12. The van der Waals surface area contributed by atoms with Crippen molar-refractivity contribution in [3.8, 4) is 0 Å². The summed E-state index contributed by atoms with van der Waals surface area (Å²) in [6.07, 6.45) is 3.54. The van der Waals surface area contributed by atoms with Crippen molar-refractivity contribution in [2.45, 2.75) is 50.0 Å². The van der Waals surface area contributed by atoms with Gasteiger partial charge in [-0.2, -0.15) is 0 Å². The van der Waals surface area contributed by atoms with Crippen LogP contribution in [0.3, 0.4) is 0 Å². The van der Waals surface area contributed by atoms with E-state index in [-0.39, 0.29) is 23.9 Å². The van der Waals surface area contributed by atoms with Crippen molar-refractivity contribution in [3.63, 3.8) is 0 Å². The molecule has 0 spiro atoms. The minimum absolute atomic E-state index is 0.0242. The average molecular weight is 294 g/mol. The summed E-state index contributed by atoms with van der Waals surface area (Å²) in [6, 6.07) is 9.22. The molecule has 0 unspecified atom stereocenters. The molecule has 0 aromatic heterocycles. The number of sulfone groups is 1. The standard InChI is InChI=1S/C16H22O3S/c1-2-3-9-14-10-15(17)11-16(14)20(18,19)12-13-7-5-4-6-8-13/h4-8,14,16H,2-3,9-12H2,1H3/t14-,16-/m0/s1. The van der Waals surface area contributed by atoms with Crippen LogP contribution in [0.4, 0.5) is 0 Å². The van der Waals surface area contributed by atoms with Gasteiger partial charge in [0.1, 0.15) is 5.78 Å². The van der Waals surface area contributed by atoms with Crippen LogP contribution in [0.5, 0.6) is 0 Å². The number of hydrogen-bond acceptors (Lipinski definition) is 3. The quantitative estimate of drug-likeness (QED) is 0.810. The molecule has 0 heterocycles. The zero-order valence-corrected chi connectivity index (χ0v) is 12.7. The highest BCUT2D eigenvalue weighted by atomic mass is 32.2. The van der Waals surface area contributed by atoms with Crippen LogP contribution >= 0.6 is 0 Å². The topological polar surface area (TPSA) is 51.2 Å². The highest BCUT2D eigenvalue weighted by Gasteiger charge is 2.40. The Morgan fingerprint density at radius 1 is 1.15 bits per heavy atom. The van der Waals surface area contributed by atoms with Crippen LogP contribution in [-0.2, 0) is 20.4 Å². The predicted octanol–water partition coefficient (Wildman–Crippen LogP) is 3.14. The number of hydrogen-bond donors (Lipinski definition) is 0. The maximum absolute atomic E-state index is 12.6. The third-order valence-electron chi connectivity index (χ3n) is 4.04. The van der Waals surface area contributed by atoms with Crippen LogP contribution in [0.2, 0.25) is 0 Å². The Balaban J connectivity index is 2.12. The fourth-order valence-electron chi connectivity index (χ4n) is 2.99. The molecule has 0 saturated heterocycles. The van der Waals surface area contributed by atoms with Gasteiger partial charge in [0, 0.05) is 12.8 Å². The first-order valence-electron chi connectivity index (χ1n) is 7.30. The van der Waals surface area contributed by atoms with Crippen molar-refractivity contribution in [1.82, 2.24) is 0 Å². The van der Waals surface area contributed by atoms with E-state index in [4.69, 9.17) is 0 Å². The van der Waals surface area contributed by atoms with E-state index in [1.54, 1.807) is 0 Å². The third kappa shape index (κ3) is 3.69. The molecular formula is C16H22O3S. The number of benzene rings is 1. The van der Waals surface area contributed by atoms with E-state index in [0.29, 0.717) is 6.42 Å². The molecule has 1 aliphatic rings. The molecule has 1 aromatic rings. The minimum atomic E-state index is -3.25. The summed E-state index contributed by atoms with van der Waals surface area (Å²) >= 11 is 0. The van der Waals surface area contributed by atoms with Gasteiger partial charge in [0.25, 0.3) is 0 Å². The first-order valence-corrected chi connectivity index (χ1v) is 9.01.